The lowest BCUT2D eigenvalue weighted by molar-refractivity contribution is -0.134. The molecule has 0 unspecified atom stereocenters. The third-order valence-electron chi connectivity index (χ3n) is 6.72. The molecule has 180 valence electrons. The first-order valence-corrected chi connectivity index (χ1v) is 11.6. The number of imide groups is 1. The molecule has 0 spiro atoms. The monoisotopic (exact) mass is 487 g/mol. The van der Waals surface area contributed by atoms with Gasteiger partial charge in [0.25, 0.3) is 11.8 Å². The predicted octanol–water partition coefficient (Wildman–Crippen LogP) is 3.51. The van der Waals surface area contributed by atoms with Gasteiger partial charge in [-0.3, -0.25) is 14.5 Å². The van der Waals surface area contributed by atoms with Crippen molar-refractivity contribution in [2.24, 2.45) is 5.92 Å². The number of piperidine rings is 1. The van der Waals surface area contributed by atoms with E-state index in [1.54, 1.807) is 11.0 Å². The van der Waals surface area contributed by atoms with Crippen LogP contribution in [-0.4, -0.2) is 66.5 Å². The molecule has 9 heteroatoms. The predicted molar refractivity (Wildman–Crippen MR) is 125 cm³/mol. The van der Waals surface area contributed by atoms with Gasteiger partial charge in [0.05, 0.1) is 13.2 Å². The van der Waals surface area contributed by atoms with E-state index in [4.69, 9.17) is 16.3 Å². The first-order chi connectivity index (χ1) is 16.4. The van der Waals surface area contributed by atoms with Crippen molar-refractivity contribution in [1.82, 2.24) is 15.1 Å². The second-order valence-electron chi connectivity index (χ2n) is 8.69. The lowest BCUT2D eigenvalue weighted by atomic mass is 9.73. The molecule has 2 heterocycles. The summed E-state index contributed by atoms with van der Waals surface area (Å²) in [7, 11) is 1.52. The highest BCUT2D eigenvalue weighted by molar-refractivity contribution is 6.31. The van der Waals surface area contributed by atoms with E-state index < -0.39 is 17.4 Å². The van der Waals surface area contributed by atoms with E-state index in [1.165, 1.54) is 36.3 Å². The molecule has 4 amide bonds. The lowest BCUT2D eigenvalue weighted by Crippen LogP contribution is -2.58. The molecule has 2 saturated heterocycles. The summed E-state index contributed by atoms with van der Waals surface area (Å²) in [5, 5.41) is 3.51. The van der Waals surface area contributed by atoms with Crippen molar-refractivity contribution in [3.05, 3.63) is 70.5 Å². The molecule has 2 aliphatic heterocycles. The minimum atomic E-state index is -1.15. The summed E-state index contributed by atoms with van der Waals surface area (Å²) >= 11 is 6.41. The van der Waals surface area contributed by atoms with Crippen LogP contribution in [0, 0.1) is 11.7 Å². The summed E-state index contributed by atoms with van der Waals surface area (Å²) in [6, 6.07) is 12.3. The van der Waals surface area contributed by atoms with Gasteiger partial charge < -0.3 is 15.0 Å². The molecule has 0 aromatic heterocycles. The molecular formula is C25H27ClFN3O4. The van der Waals surface area contributed by atoms with Crippen LogP contribution in [0.5, 0.6) is 0 Å². The number of carbonyl (C=O) groups excluding carboxylic acids is 3. The smallest absolute Gasteiger partial charge is 0.325 e. The van der Waals surface area contributed by atoms with Crippen LogP contribution in [0.1, 0.15) is 28.8 Å². The number of likely N-dealkylation sites (tertiary alicyclic amines) is 1. The molecule has 34 heavy (non-hydrogen) atoms. The average molecular weight is 488 g/mol. The molecule has 0 radical (unpaired) electrons. The van der Waals surface area contributed by atoms with E-state index in [1.807, 2.05) is 18.2 Å². The van der Waals surface area contributed by atoms with Crippen molar-refractivity contribution in [3.8, 4) is 0 Å². The van der Waals surface area contributed by atoms with Crippen LogP contribution in [0.15, 0.2) is 48.5 Å². The standard InChI is InChI=1S/C25H27ClFN3O4/c1-34-15-14-30-23(32)25(28-24(30)33,16-18-4-2-3-5-21(18)26)19-10-12-29(13-11-19)22(31)17-6-8-20(27)9-7-17/h2-9,19H,10-16H2,1H3,(H,28,33)/t25-/m1/s1. The summed E-state index contributed by atoms with van der Waals surface area (Å²) in [6.07, 6.45) is 1.32. The molecule has 0 bridgehead atoms. The van der Waals surface area contributed by atoms with Gasteiger partial charge in [-0.05, 0) is 54.7 Å². The number of hydrogen-bond donors (Lipinski definition) is 1. The van der Waals surface area contributed by atoms with E-state index in [2.05, 4.69) is 5.32 Å². The molecule has 4 rings (SSSR count). The number of nitrogens with zero attached hydrogens (tertiary/aromatic N) is 2. The van der Waals surface area contributed by atoms with Crippen molar-refractivity contribution in [3.63, 3.8) is 0 Å². The van der Waals surface area contributed by atoms with Crippen LogP contribution in [-0.2, 0) is 16.0 Å². The molecule has 2 aromatic rings. The number of hydrogen-bond acceptors (Lipinski definition) is 4. The van der Waals surface area contributed by atoms with Crippen LogP contribution < -0.4 is 5.32 Å². The molecule has 1 atom stereocenters. The Labute approximate surface area is 202 Å². The highest BCUT2D eigenvalue weighted by Gasteiger charge is 2.56. The maximum absolute atomic E-state index is 13.7. The van der Waals surface area contributed by atoms with Crippen LogP contribution in [0.3, 0.4) is 0 Å². The minimum absolute atomic E-state index is 0.160. The first-order valence-electron chi connectivity index (χ1n) is 11.3. The van der Waals surface area contributed by atoms with E-state index in [-0.39, 0.29) is 37.3 Å². The Balaban J connectivity index is 1.56. The minimum Gasteiger partial charge on any atom is -0.383 e. The summed E-state index contributed by atoms with van der Waals surface area (Å²) in [4.78, 5) is 42.3. The van der Waals surface area contributed by atoms with Gasteiger partial charge in [0, 0.05) is 37.2 Å². The van der Waals surface area contributed by atoms with Gasteiger partial charge in [-0.25, -0.2) is 9.18 Å². The first kappa shape index (κ1) is 24.2. The molecule has 7 nitrogen and oxygen atoms in total. The van der Waals surface area contributed by atoms with Crippen LogP contribution in [0.25, 0.3) is 0 Å². The van der Waals surface area contributed by atoms with Crippen LogP contribution in [0.4, 0.5) is 9.18 Å². The number of benzene rings is 2. The van der Waals surface area contributed by atoms with Crippen molar-refractivity contribution >= 4 is 29.4 Å². The van der Waals surface area contributed by atoms with Gasteiger partial charge in [0.1, 0.15) is 11.4 Å². The zero-order valence-corrected chi connectivity index (χ0v) is 19.7. The maximum Gasteiger partial charge on any atom is 0.325 e. The lowest BCUT2D eigenvalue weighted by Gasteiger charge is -2.41. The second kappa shape index (κ2) is 10.1. The Kier molecular flexibility index (Phi) is 7.19. The Bertz CT molecular complexity index is 1070. The van der Waals surface area contributed by atoms with Gasteiger partial charge in [-0.2, -0.15) is 0 Å². The second-order valence-corrected chi connectivity index (χ2v) is 9.10. The number of rotatable bonds is 7. The Morgan fingerprint density at radius 3 is 2.47 bits per heavy atom. The number of methoxy groups -OCH3 is 1. The fraction of sp³-hybridized carbons (Fsp3) is 0.400. The number of ether oxygens (including phenoxy) is 1. The van der Waals surface area contributed by atoms with E-state index >= 15 is 0 Å². The van der Waals surface area contributed by atoms with Gasteiger partial charge >= 0.3 is 6.03 Å². The quantitative estimate of drug-likeness (QED) is 0.606. The van der Waals surface area contributed by atoms with Gasteiger partial charge in [0.15, 0.2) is 0 Å². The van der Waals surface area contributed by atoms with Gasteiger partial charge in [-0.1, -0.05) is 29.8 Å². The van der Waals surface area contributed by atoms with E-state index in [0.29, 0.717) is 36.5 Å². The molecule has 0 aliphatic carbocycles. The third kappa shape index (κ3) is 4.65. The number of halogens is 2. The molecular weight excluding hydrogens is 461 g/mol. The fourth-order valence-corrected chi connectivity index (χ4v) is 5.07. The zero-order chi connectivity index (χ0) is 24.3. The maximum atomic E-state index is 13.7. The summed E-state index contributed by atoms with van der Waals surface area (Å²) < 4.78 is 18.3. The van der Waals surface area contributed by atoms with E-state index in [0.717, 1.165) is 5.56 Å². The average Bonchev–Trinajstić information content (AvgIpc) is 3.09. The molecule has 0 saturated carbocycles. The summed E-state index contributed by atoms with van der Waals surface area (Å²) in [6.45, 7) is 1.25. The molecule has 2 fully saturated rings. The highest BCUT2D eigenvalue weighted by atomic mass is 35.5. The third-order valence-corrected chi connectivity index (χ3v) is 7.09. The van der Waals surface area contributed by atoms with Crippen molar-refractivity contribution in [1.29, 1.82) is 0 Å². The van der Waals surface area contributed by atoms with Crippen LogP contribution >= 0.6 is 11.6 Å². The number of nitrogens with one attached hydrogen (secondary N) is 1. The van der Waals surface area contributed by atoms with Crippen molar-refractivity contribution in [2.75, 3.05) is 33.4 Å². The van der Waals surface area contributed by atoms with Crippen LogP contribution in [0.2, 0.25) is 5.02 Å². The fourth-order valence-electron chi connectivity index (χ4n) is 4.86. The SMILES string of the molecule is COCCN1C(=O)N[C@](Cc2ccccc2Cl)(C2CCN(C(=O)c3ccc(F)cc3)CC2)C1=O. The number of carbonyl (C=O) groups is 3. The normalized spacial score (nSPS) is 21.1. The van der Waals surface area contributed by atoms with Crippen molar-refractivity contribution < 1.29 is 23.5 Å². The van der Waals surface area contributed by atoms with Gasteiger partial charge in [0.2, 0.25) is 0 Å². The highest BCUT2D eigenvalue weighted by Crippen LogP contribution is 2.38. The molecule has 2 aliphatic rings. The largest absolute Gasteiger partial charge is 0.383 e. The number of urea groups is 1. The summed E-state index contributed by atoms with van der Waals surface area (Å²) in [5.41, 5.74) is 0.0405. The Morgan fingerprint density at radius 1 is 1.15 bits per heavy atom. The Hall–Kier alpha value is -2.97. The Morgan fingerprint density at radius 2 is 1.82 bits per heavy atom. The molecule has 2 aromatic carbocycles. The van der Waals surface area contributed by atoms with Gasteiger partial charge in [-0.15, -0.1) is 0 Å². The summed E-state index contributed by atoms with van der Waals surface area (Å²) in [5.74, 6) is -1.06. The number of amides is 4. The topological polar surface area (TPSA) is 79.0 Å². The van der Waals surface area contributed by atoms with Crippen molar-refractivity contribution in [2.45, 2.75) is 24.8 Å². The molecule has 1 N–H and O–H groups in total. The van der Waals surface area contributed by atoms with E-state index in [9.17, 15) is 18.8 Å². The zero-order valence-electron chi connectivity index (χ0n) is 18.9.